The molecule has 0 radical (unpaired) electrons. The minimum absolute atomic E-state index is 0.000932. The highest BCUT2D eigenvalue weighted by molar-refractivity contribution is 6.02. The van der Waals surface area contributed by atoms with Gasteiger partial charge in [-0.15, -0.1) is 0 Å². The van der Waals surface area contributed by atoms with Crippen LogP contribution in [-0.2, 0) is 6.54 Å². The predicted octanol–water partition coefficient (Wildman–Crippen LogP) is 3.50. The number of fused-ring (bicyclic) bond motifs is 4. The molecule has 3 heterocycles. The summed E-state index contributed by atoms with van der Waals surface area (Å²) in [7, 11) is 0. The fourth-order valence-electron chi connectivity index (χ4n) is 5.82. The Balaban J connectivity index is 1.26. The third-order valence-corrected chi connectivity index (χ3v) is 7.32. The van der Waals surface area contributed by atoms with Gasteiger partial charge in [0.15, 0.2) is 5.43 Å². The number of aryl methyl sites for hydroxylation is 1. The van der Waals surface area contributed by atoms with Crippen molar-refractivity contribution in [2.45, 2.75) is 32.0 Å². The maximum atomic E-state index is 13.0. The van der Waals surface area contributed by atoms with Crippen LogP contribution in [0.2, 0.25) is 0 Å². The molecule has 6 heteroatoms. The summed E-state index contributed by atoms with van der Waals surface area (Å²) in [6.45, 7) is 4.32. The zero-order chi connectivity index (χ0) is 21.2. The summed E-state index contributed by atoms with van der Waals surface area (Å²) in [6, 6.07) is 13.4. The van der Waals surface area contributed by atoms with Gasteiger partial charge in [-0.1, -0.05) is 23.8 Å². The molecule has 0 bridgehead atoms. The molecule has 2 N–H and O–H groups in total. The van der Waals surface area contributed by atoms with Crippen molar-refractivity contribution in [3.63, 3.8) is 0 Å². The maximum Gasteiger partial charge on any atom is 0.255 e. The molecular weight excluding hydrogens is 390 g/mol. The molecule has 2 aliphatic heterocycles. The highest BCUT2D eigenvalue weighted by Gasteiger charge is 2.54. The van der Waals surface area contributed by atoms with Crippen LogP contribution in [0.5, 0.6) is 0 Å². The summed E-state index contributed by atoms with van der Waals surface area (Å²) in [5.41, 5.74) is 3.63. The van der Waals surface area contributed by atoms with Crippen LogP contribution < -0.4 is 16.1 Å². The van der Waals surface area contributed by atoms with Crippen molar-refractivity contribution in [3.8, 4) is 0 Å². The van der Waals surface area contributed by atoms with Crippen molar-refractivity contribution >= 4 is 22.6 Å². The number of nitrogens with one attached hydrogen (secondary N) is 2. The van der Waals surface area contributed by atoms with Gasteiger partial charge in [0.25, 0.3) is 5.91 Å². The first-order valence-electron chi connectivity index (χ1n) is 11.0. The second kappa shape index (κ2) is 6.69. The Morgan fingerprint density at radius 1 is 1.13 bits per heavy atom. The first-order chi connectivity index (χ1) is 15.0. The van der Waals surface area contributed by atoms with E-state index < -0.39 is 5.66 Å². The third-order valence-electron chi connectivity index (χ3n) is 7.32. The zero-order valence-electron chi connectivity index (χ0n) is 17.5. The van der Waals surface area contributed by atoms with Crippen molar-refractivity contribution in [1.29, 1.82) is 0 Å². The normalized spacial score (nSPS) is 27.2. The van der Waals surface area contributed by atoms with Gasteiger partial charge in [0.1, 0.15) is 11.2 Å². The van der Waals surface area contributed by atoms with E-state index in [0.717, 1.165) is 37.2 Å². The molecule has 1 aromatic heterocycles. The highest BCUT2D eigenvalue weighted by Crippen LogP contribution is 2.47. The van der Waals surface area contributed by atoms with Gasteiger partial charge in [-0.25, -0.2) is 0 Å². The van der Waals surface area contributed by atoms with Crippen molar-refractivity contribution in [3.05, 3.63) is 75.6 Å². The van der Waals surface area contributed by atoms with Crippen molar-refractivity contribution in [2.75, 3.05) is 18.4 Å². The number of hydrogen-bond acceptors (Lipinski definition) is 5. The second-order valence-corrected chi connectivity index (χ2v) is 9.29. The highest BCUT2D eigenvalue weighted by atomic mass is 16.3. The third kappa shape index (κ3) is 2.89. The number of anilines is 1. The molecule has 1 aliphatic carbocycles. The molecule has 6 rings (SSSR count). The molecule has 3 atom stereocenters. The summed E-state index contributed by atoms with van der Waals surface area (Å²) >= 11 is 0. The smallest absolute Gasteiger partial charge is 0.255 e. The molecule has 2 fully saturated rings. The van der Waals surface area contributed by atoms with Gasteiger partial charge in [-0.3, -0.25) is 14.5 Å². The Bertz CT molecular complexity index is 1270. The van der Waals surface area contributed by atoms with E-state index in [0.29, 0.717) is 40.5 Å². The molecule has 1 amide bonds. The average molecular weight is 415 g/mol. The number of para-hydroxylation sites is 1. The second-order valence-electron chi connectivity index (χ2n) is 9.29. The summed E-state index contributed by atoms with van der Waals surface area (Å²) in [5, 5.41) is 7.59. The van der Waals surface area contributed by atoms with Gasteiger partial charge in [-0.05, 0) is 49.9 Å². The number of carbonyl (C=O) groups is 1. The van der Waals surface area contributed by atoms with Gasteiger partial charge >= 0.3 is 0 Å². The predicted molar refractivity (Wildman–Crippen MR) is 119 cm³/mol. The number of nitrogens with zero attached hydrogens (tertiary/aromatic N) is 1. The van der Waals surface area contributed by atoms with E-state index in [1.165, 1.54) is 0 Å². The molecule has 2 aromatic carbocycles. The molecular formula is C25H25N3O3. The molecule has 6 nitrogen and oxygen atoms in total. The molecule has 3 aliphatic rings. The Morgan fingerprint density at radius 3 is 2.90 bits per heavy atom. The Morgan fingerprint density at radius 2 is 2.00 bits per heavy atom. The first kappa shape index (κ1) is 18.6. The first-order valence-corrected chi connectivity index (χ1v) is 11.0. The van der Waals surface area contributed by atoms with E-state index in [9.17, 15) is 9.59 Å². The molecule has 1 saturated heterocycles. The van der Waals surface area contributed by atoms with Crippen molar-refractivity contribution in [2.24, 2.45) is 11.8 Å². The Hall–Kier alpha value is -3.12. The minimum atomic E-state index is -0.407. The van der Waals surface area contributed by atoms with Gasteiger partial charge in [0, 0.05) is 36.8 Å². The fourth-order valence-corrected chi connectivity index (χ4v) is 5.82. The lowest BCUT2D eigenvalue weighted by Crippen LogP contribution is -2.61. The Labute approximate surface area is 180 Å². The number of benzene rings is 2. The van der Waals surface area contributed by atoms with E-state index in [4.69, 9.17) is 4.42 Å². The summed E-state index contributed by atoms with van der Waals surface area (Å²) < 4.78 is 5.75. The molecule has 31 heavy (non-hydrogen) atoms. The van der Waals surface area contributed by atoms with E-state index >= 15 is 0 Å². The lowest BCUT2D eigenvalue weighted by Gasteiger charge is -2.42. The molecule has 158 valence electrons. The zero-order valence-corrected chi connectivity index (χ0v) is 17.5. The monoisotopic (exact) mass is 415 g/mol. The summed E-state index contributed by atoms with van der Waals surface area (Å²) in [4.78, 5) is 28.2. The number of likely N-dealkylation sites (tertiary alicyclic amines) is 1. The maximum absolute atomic E-state index is 13.0. The largest absolute Gasteiger partial charge is 0.464 e. The Kier molecular flexibility index (Phi) is 4.02. The van der Waals surface area contributed by atoms with Gasteiger partial charge in [0.05, 0.1) is 17.2 Å². The van der Waals surface area contributed by atoms with Crippen LogP contribution in [0.1, 0.15) is 34.3 Å². The summed E-state index contributed by atoms with van der Waals surface area (Å²) in [6.07, 6.45) is 3.59. The van der Waals surface area contributed by atoms with E-state index in [2.05, 4.69) is 15.5 Å². The average Bonchev–Trinajstić information content (AvgIpc) is 3.31. The standard InChI is InChI=1S/C25H25N3O3/c1-15-6-7-22-19(10-15)23(29)17(14-31-22)12-28-11-16-8-9-25(20(16)13-28)26-21-5-3-2-4-18(21)24(30)27-25/h2-7,10,14,16,20,26H,8-9,11-13H2,1H3,(H,27,30)/t16-,20+,25+/m1/s1. The van der Waals surface area contributed by atoms with E-state index in [1.807, 2.05) is 49.4 Å². The number of amides is 1. The van der Waals surface area contributed by atoms with Crippen LogP contribution in [0.15, 0.2) is 57.9 Å². The molecule has 0 unspecified atom stereocenters. The van der Waals surface area contributed by atoms with Gasteiger partial charge in [0.2, 0.25) is 0 Å². The van der Waals surface area contributed by atoms with Gasteiger partial charge in [-0.2, -0.15) is 0 Å². The number of hydrogen-bond donors (Lipinski definition) is 2. The van der Waals surface area contributed by atoms with Crippen LogP contribution in [-0.4, -0.2) is 29.6 Å². The lowest BCUT2D eigenvalue weighted by atomic mass is 9.89. The van der Waals surface area contributed by atoms with Crippen LogP contribution in [0.3, 0.4) is 0 Å². The SMILES string of the molecule is Cc1ccc2occ(CN3C[C@H]4CC[C@]5(NC(=O)c6ccccc6N5)[C@H]4C3)c(=O)c2c1. The van der Waals surface area contributed by atoms with Crippen LogP contribution in [0.4, 0.5) is 5.69 Å². The minimum Gasteiger partial charge on any atom is -0.464 e. The fraction of sp³-hybridized carbons (Fsp3) is 0.360. The number of carbonyl (C=O) groups excluding carboxylic acids is 1. The molecule has 1 spiro atoms. The topological polar surface area (TPSA) is 74.6 Å². The summed E-state index contributed by atoms with van der Waals surface area (Å²) in [5.74, 6) is 0.798. The van der Waals surface area contributed by atoms with Crippen LogP contribution >= 0.6 is 0 Å². The van der Waals surface area contributed by atoms with Crippen molar-refractivity contribution < 1.29 is 9.21 Å². The van der Waals surface area contributed by atoms with Crippen LogP contribution in [0.25, 0.3) is 11.0 Å². The number of rotatable bonds is 2. The van der Waals surface area contributed by atoms with Crippen molar-refractivity contribution in [1.82, 2.24) is 10.2 Å². The van der Waals surface area contributed by atoms with Gasteiger partial charge < -0.3 is 15.1 Å². The lowest BCUT2D eigenvalue weighted by molar-refractivity contribution is 0.0871. The van der Waals surface area contributed by atoms with Crippen LogP contribution in [0, 0.1) is 18.8 Å². The molecule has 3 aromatic rings. The quantitative estimate of drug-likeness (QED) is 0.670. The molecule has 1 saturated carbocycles. The van der Waals surface area contributed by atoms with E-state index in [-0.39, 0.29) is 11.3 Å². The van der Waals surface area contributed by atoms with E-state index in [1.54, 1.807) is 6.26 Å².